The minimum absolute atomic E-state index is 0. The van der Waals surface area contributed by atoms with E-state index in [1.165, 1.54) is 5.56 Å². The quantitative estimate of drug-likeness (QED) is 0.891. The number of halogens is 1. The molecule has 2 rings (SSSR count). The number of anilines is 1. The van der Waals surface area contributed by atoms with Crippen LogP contribution in [-0.4, -0.2) is 18.0 Å². The molecule has 1 fully saturated rings. The van der Waals surface area contributed by atoms with Crippen molar-refractivity contribution in [2.45, 2.75) is 45.1 Å². The summed E-state index contributed by atoms with van der Waals surface area (Å²) in [6.45, 7) is 5.13. The van der Waals surface area contributed by atoms with Crippen LogP contribution in [0, 0.1) is 0 Å². The Morgan fingerprint density at radius 3 is 2.79 bits per heavy atom. The maximum Gasteiger partial charge on any atom is 0.244 e. The summed E-state index contributed by atoms with van der Waals surface area (Å²) in [5.41, 5.74) is 1.79. The molecule has 0 spiro atoms. The second kappa shape index (κ2) is 6.92. The Labute approximate surface area is 121 Å². The van der Waals surface area contributed by atoms with Crippen molar-refractivity contribution in [3.05, 3.63) is 29.8 Å². The Hall–Kier alpha value is -1.06. The van der Waals surface area contributed by atoms with Crippen molar-refractivity contribution in [2.75, 3.05) is 11.9 Å². The molecule has 19 heavy (non-hydrogen) atoms. The summed E-state index contributed by atoms with van der Waals surface area (Å²) in [5.74, 6) is 0.107. The first-order chi connectivity index (χ1) is 8.70. The van der Waals surface area contributed by atoms with Gasteiger partial charge in [0.25, 0.3) is 0 Å². The van der Waals surface area contributed by atoms with Crippen molar-refractivity contribution >= 4 is 24.0 Å². The monoisotopic (exact) mass is 282 g/mol. The summed E-state index contributed by atoms with van der Waals surface area (Å²) in [4.78, 5) is 12.4. The molecule has 1 aliphatic rings. The first-order valence-electron chi connectivity index (χ1n) is 6.85. The molecule has 4 heteroatoms. The fraction of sp³-hybridized carbons (Fsp3) is 0.533. The van der Waals surface area contributed by atoms with Crippen molar-refractivity contribution in [1.82, 2.24) is 5.32 Å². The SMILES string of the molecule is CCc1cccc(NC(=O)C2(CC)CCCN2)c1.Cl. The van der Waals surface area contributed by atoms with Crippen molar-refractivity contribution in [3.8, 4) is 0 Å². The first-order valence-corrected chi connectivity index (χ1v) is 6.85. The maximum atomic E-state index is 12.4. The van der Waals surface area contributed by atoms with E-state index in [1.807, 2.05) is 12.1 Å². The van der Waals surface area contributed by atoms with Gasteiger partial charge in [0.2, 0.25) is 5.91 Å². The van der Waals surface area contributed by atoms with E-state index in [1.54, 1.807) is 0 Å². The van der Waals surface area contributed by atoms with Crippen LogP contribution in [0.2, 0.25) is 0 Å². The number of rotatable bonds is 4. The summed E-state index contributed by atoms with van der Waals surface area (Å²) >= 11 is 0. The van der Waals surface area contributed by atoms with Gasteiger partial charge in [0.15, 0.2) is 0 Å². The molecule has 1 aromatic rings. The molecule has 1 amide bonds. The van der Waals surface area contributed by atoms with Crippen molar-refractivity contribution < 1.29 is 4.79 Å². The summed E-state index contributed by atoms with van der Waals surface area (Å²) in [6.07, 6.45) is 3.84. The first kappa shape index (κ1) is 16.0. The average Bonchev–Trinajstić information content (AvgIpc) is 2.89. The molecule has 1 atom stereocenters. The van der Waals surface area contributed by atoms with Gasteiger partial charge in [-0.1, -0.05) is 26.0 Å². The lowest BCUT2D eigenvalue weighted by atomic mass is 9.93. The summed E-state index contributed by atoms with van der Waals surface area (Å²) in [7, 11) is 0. The fourth-order valence-electron chi connectivity index (χ4n) is 2.58. The predicted octanol–water partition coefficient (Wildman–Crippen LogP) is 3.14. The van der Waals surface area contributed by atoms with Gasteiger partial charge in [-0.3, -0.25) is 4.79 Å². The third-order valence-corrected chi connectivity index (χ3v) is 3.88. The largest absolute Gasteiger partial charge is 0.324 e. The van der Waals surface area contributed by atoms with Gasteiger partial charge in [-0.25, -0.2) is 0 Å². The highest BCUT2D eigenvalue weighted by molar-refractivity contribution is 5.98. The van der Waals surface area contributed by atoms with Crippen LogP contribution in [0.1, 0.15) is 38.7 Å². The zero-order valence-electron chi connectivity index (χ0n) is 11.7. The Morgan fingerprint density at radius 1 is 1.42 bits per heavy atom. The minimum atomic E-state index is -0.359. The van der Waals surface area contributed by atoms with Gasteiger partial charge in [0, 0.05) is 5.69 Å². The highest BCUT2D eigenvalue weighted by Crippen LogP contribution is 2.25. The fourth-order valence-corrected chi connectivity index (χ4v) is 2.58. The van der Waals surface area contributed by atoms with Crippen LogP contribution in [0.5, 0.6) is 0 Å². The number of nitrogens with one attached hydrogen (secondary N) is 2. The topological polar surface area (TPSA) is 41.1 Å². The number of hydrogen-bond acceptors (Lipinski definition) is 2. The number of hydrogen-bond donors (Lipinski definition) is 2. The highest BCUT2D eigenvalue weighted by atomic mass is 35.5. The van der Waals surface area contributed by atoms with E-state index in [2.05, 4.69) is 36.6 Å². The number of carbonyl (C=O) groups excluding carboxylic acids is 1. The molecule has 0 radical (unpaired) electrons. The molecule has 1 aliphatic heterocycles. The number of carbonyl (C=O) groups is 1. The molecule has 3 nitrogen and oxygen atoms in total. The average molecular weight is 283 g/mol. The lowest BCUT2D eigenvalue weighted by molar-refractivity contribution is -0.122. The maximum absolute atomic E-state index is 12.4. The number of benzene rings is 1. The van der Waals surface area contributed by atoms with Gasteiger partial charge in [-0.05, 0) is 49.9 Å². The third-order valence-electron chi connectivity index (χ3n) is 3.88. The molecule has 0 aromatic heterocycles. The Balaban J connectivity index is 0.00000180. The van der Waals surface area contributed by atoms with Crippen LogP contribution in [0.15, 0.2) is 24.3 Å². The molecule has 1 unspecified atom stereocenters. The minimum Gasteiger partial charge on any atom is -0.324 e. The van der Waals surface area contributed by atoms with Gasteiger partial charge < -0.3 is 10.6 Å². The molecular weight excluding hydrogens is 260 g/mol. The Bertz CT molecular complexity index is 428. The van der Waals surface area contributed by atoms with E-state index >= 15 is 0 Å². The molecule has 1 heterocycles. The van der Waals surface area contributed by atoms with Crippen LogP contribution in [0.4, 0.5) is 5.69 Å². The summed E-state index contributed by atoms with van der Waals surface area (Å²) in [5, 5.41) is 6.41. The van der Waals surface area contributed by atoms with Crippen molar-refractivity contribution in [1.29, 1.82) is 0 Å². The predicted molar refractivity (Wildman–Crippen MR) is 82.0 cm³/mol. The molecule has 1 aromatic carbocycles. The van der Waals surface area contributed by atoms with Gasteiger partial charge in [0.1, 0.15) is 0 Å². The third kappa shape index (κ3) is 3.48. The van der Waals surface area contributed by atoms with E-state index in [0.717, 1.165) is 37.9 Å². The molecule has 106 valence electrons. The number of aryl methyl sites for hydroxylation is 1. The lowest BCUT2D eigenvalue weighted by Gasteiger charge is -2.26. The van der Waals surface area contributed by atoms with E-state index in [-0.39, 0.29) is 23.9 Å². The van der Waals surface area contributed by atoms with Gasteiger partial charge >= 0.3 is 0 Å². The summed E-state index contributed by atoms with van der Waals surface area (Å²) in [6, 6.07) is 8.08. The summed E-state index contributed by atoms with van der Waals surface area (Å²) < 4.78 is 0. The standard InChI is InChI=1S/C15H22N2O.ClH/c1-3-12-7-5-8-13(11-12)17-14(18)15(4-2)9-6-10-16-15;/h5,7-8,11,16H,3-4,6,9-10H2,1-2H3,(H,17,18);1H. The Morgan fingerprint density at radius 2 is 2.21 bits per heavy atom. The van der Waals surface area contributed by atoms with E-state index < -0.39 is 0 Å². The van der Waals surface area contributed by atoms with Crippen molar-refractivity contribution in [2.24, 2.45) is 0 Å². The zero-order valence-corrected chi connectivity index (χ0v) is 12.5. The van der Waals surface area contributed by atoms with Crippen LogP contribution in [-0.2, 0) is 11.2 Å². The second-order valence-electron chi connectivity index (χ2n) is 4.97. The molecule has 0 bridgehead atoms. The van der Waals surface area contributed by atoms with Crippen LogP contribution >= 0.6 is 12.4 Å². The van der Waals surface area contributed by atoms with Gasteiger partial charge in [-0.15, -0.1) is 12.4 Å². The van der Waals surface area contributed by atoms with Crippen LogP contribution < -0.4 is 10.6 Å². The molecular formula is C15H23ClN2O. The molecule has 2 N–H and O–H groups in total. The second-order valence-corrected chi connectivity index (χ2v) is 4.97. The van der Waals surface area contributed by atoms with E-state index in [9.17, 15) is 4.79 Å². The molecule has 0 aliphatic carbocycles. The molecule has 1 saturated heterocycles. The lowest BCUT2D eigenvalue weighted by Crippen LogP contribution is -2.50. The van der Waals surface area contributed by atoms with Gasteiger partial charge in [0.05, 0.1) is 5.54 Å². The van der Waals surface area contributed by atoms with Gasteiger partial charge in [-0.2, -0.15) is 0 Å². The molecule has 0 saturated carbocycles. The Kier molecular flexibility index (Phi) is 5.83. The van der Waals surface area contributed by atoms with Crippen molar-refractivity contribution in [3.63, 3.8) is 0 Å². The van der Waals surface area contributed by atoms with E-state index in [0.29, 0.717) is 0 Å². The zero-order chi connectivity index (χ0) is 13.0. The van der Waals surface area contributed by atoms with Crippen LogP contribution in [0.25, 0.3) is 0 Å². The normalized spacial score (nSPS) is 21.8. The highest BCUT2D eigenvalue weighted by Gasteiger charge is 2.38. The number of amides is 1. The van der Waals surface area contributed by atoms with E-state index in [4.69, 9.17) is 0 Å². The smallest absolute Gasteiger partial charge is 0.244 e. The van der Waals surface area contributed by atoms with Crippen LogP contribution in [0.3, 0.4) is 0 Å².